The fourth-order valence-electron chi connectivity index (χ4n) is 5.25. The van der Waals surface area contributed by atoms with E-state index in [-0.39, 0.29) is 12.1 Å². The van der Waals surface area contributed by atoms with Crippen LogP contribution in [0.15, 0.2) is 24.5 Å². The molecule has 1 aromatic carbocycles. The van der Waals surface area contributed by atoms with Crippen LogP contribution in [-0.4, -0.2) is 59.0 Å². The van der Waals surface area contributed by atoms with Gasteiger partial charge in [-0.2, -0.15) is 0 Å². The summed E-state index contributed by atoms with van der Waals surface area (Å²) in [6.07, 6.45) is 9.97. The molecule has 3 heterocycles. The van der Waals surface area contributed by atoms with Gasteiger partial charge in [0.25, 0.3) is 0 Å². The number of amides is 1. The van der Waals surface area contributed by atoms with Crippen molar-refractivity contribution in [2.45, 2.75) is 89.2 Å². The zero-order valence-electron chi connectivity index (χ0n) is 19.8. The largest absolute Gasteiger partial charge is 0.444 e. The molecule has 3 aliphatic rings. The Kier molecular flexibility index (Phi) is 6.03. The van der Waals surface area contributed by atoms with Crippen molar-refractivity contribution in [3.8, 4) is 0 Å². The zero-order valence-corrected chi connectivity index (χ0v) is 19.8. The van der Waals surface area contributed by atoms with Crippen LogP contribution in [0, 0.1) is 0 Å². The lowest BCUT2D eigenvalue weighted by Crippen LogP contribution is -2.43. The molecular weight excluding hydrogens is 418 g/mol. The lowest BCUT2D eigenvalue weighted by molar-refractivity contribution is 0.0305. The van der Waals surface area contributed by atoms with Gasteiger partial charge in [0.15, 0.2) is 0 Å². The van der Waals surface area contributed by atoms with Gasteiger partial charge in [0.1, 0.15) is 11.1 Å². The minimum absolute atomic E-state index is 0.157. The van der Waals surface area contributed by atoms with Crippen LogP contribution < -0.4 is 15.5 Å². The topological polar surface area (TPSA) is 88.6 Å². The van der Waals surface area contributed by atoms with E-state index in [9.17, 15) is 4.79 Å². The Labute approximate surface area is 195 Å². The maximum Gasteiger partial charge on any atom is 0.407 e. The van der Waals surface area contributed by atoms with E-state index in [1.165, 1.54) is 5.69 Å². The van der Waals surface area contributed by atoms with Crippen molar-refractivity contribution in [2.24, 2.45) is 0 Å². The number of hydrogen-bond acceptors (Lipinski definition) is 7. The quantitative estimate of drug-likeness (QED) is 0.716. The molecule has 0 radical (unpaired) electrons. The minimum atomic E-state index is -0.476. The number of benzene rings is 1. The summed E-state index contributed by atoms with van der Waals surface area (Å²) >= 11 is 0. The van der Waals surface area contributed by atoms with E-state index in [0.717, 1.165) is 68.3 Å². The lowest BCUT2D eigenvalue weighted by atomic mass is 9.91. The van der Waals surface area contributed by atoms with Crippen molar-refractivity contribution in [3.05, 3.63) is 24.5 Å². The van der Waals surface area contributed by atoms with Crippen molar-refractivity contribution in [1.29, 1.82) is 0 Å². The molecule has 8 nitrogen and oxygen atoms in total. The van der Waals surface area contributed by atoms with Crippen LogP contribution in [0.3, 0.4) is 0 Å². The molecule has 8 heteroatoms. The van der Waals surface area contributed by atoms with Gasteiger partial charge >= 0.3 is 6.09 Å². The predicted molar refractivity (Wildman–Crippen MR) is 129 cm³/mol. The number of hydrogen-bond donors (Lipinski definition) is 2. The van der Waals surface area contributed by atoms with Gasteiger partial charge in [0, 0.05) is 43.3 Å². The maximum absolute atomic E-state index is 12.1. The summed E-state index contributed by atoms with van der Waals surface area (Å²) < 4.78 is 11.4. The number of carbonyl (C=O) groups excluding carboxylic acids is 1. The van der Waals surface area contributed by atoms with E-state index in [4.69, 9.17) is 9.47 Å². The normalized spacial score (nSPS) is 27.4. The van der Waals surface area contributed by atoms with E-state index in [1.807, 2.05) is 20.8 Å². The Bertz CT molecular complexity index is 987. The molecule has 3 fully saturated rings. The van der Waals surface area contributed by atoms with E-state index < -0.39 is 5.60 Å². The van der Waals surface area contributed by atoms with Crippen LogP contribution in [0.25, 0.3) is 11.0 Å². The molecule has 2 saturated heterocycles. The molecule has 2 aliphatic heterocycles. The number of rotatable bonds is 4. The highest BCUT2D eigenvalue weighted by Crippen LogP contribution is 2.34. The number of carbonyl (C=O) groups is 1. The van der Waals surface area contributed by atoms with Crippen molar-refractivity contribution >= 4 is 28.5 Å². The predicted octanol–water partition coefficient (Wildman–Crippen LogP) is 4.25. The number of aromatic nitrogens is 2. The third-order valence-electron chi connectivity index (χ3n) is 6.77. The maximum atomic E-state index is 12.1. The van der Waals surface area contributed by atoms with Crippen molar-refractivity contribution in [3.63, 3.8) is 0 Å². The molecule has 1 aliphatic carbocycles. The third kappa shape index (κ3) is 5.32. The van der Waals surface area contributed by atoms with Crippen molar-refractivity contribution < 1.29 is 14.3 Å². The van der Waals surface area contributed by atoms with Crippen LogP contribution in [0.5, 0.6) is 0 Å². The monoisotopic (exact) mass is 453 g/mol. The molecule has 33 heavy (non-hydrogen) atoms. The molecule has 2 unspecified atom stereocenters. The smallest absolute Gasteiger partial charge is 0.407 e. The van der Waals surface area contributed by atoms with Gasteiger partial charge in [0.05, 0.1) is 23.4 Å². The first kappa shape index (κ1) is 22.2. The number of alkyl carbamates (subject to hydrolysis) is 1. The Morgan fingerprint density at radius 3 is 2.36 bits per heavy atom. The molecular formula is C25H35N5O3. The van der Waals surface area contributed by atoms with Crippen LogP contribution in [0.2, 0.25) is 0 Å². The molecule has 5 rings (SSSR count). The van der Waals surface area contributed by atoms with Gasteiger partial charge in [0.2, 0.25) is 0 Å². The highest BCUT2D eigenvalue weighted by atomic mass is 16.6. The van der Waals surface area contributed by atoms with Crippen LogP contribution >= 0.6 is 0 Å². The molecule has 1 aromatic heterocycles. The second-order valence-corrected chi connectivity index (χ2v) is 10.6. The summed E-state index contributed by atoms with van der Waals surface area (Å²) in [6.45, 7) is 7.52. The van der Waals surface area contributed by atoms with Crippen molar-refractivity contribution in [2.75, 3.05) is 23.3 Å². The number of nitrogens with zero attached hydrogens (tertiary/aromatic N) is 3. The molecule has 0 spiro atoms. The Morgan fingerprint density at radius 1 is 1.00 bits per heavy atom. The highest BCUT2D eigenvalue weighted by Gasteiger charge is 2.34. The van der Waals surface area contributed by atoms with Crippen LogP contribution in [0.4, 0.5) is 16.2 Å². The van der Waals surface area contributed by atoms with Crippen molar-refractivity contribution in [1.82, 2.24) is 15.3 Å². The molecule has 2 aromatic rings. The average molecular weight is 454 g/mol. The Morgan fingerprint density at radius 2 is 1.67 bits per heavy atom. The molecule has 2 atom stereocenters. The number of ether oxygens (including phenoxy) is 2. The first-order valence-electron chi connectivity index (χ1n) is 12.2. The highest BCUT2D eigenvalue weighted by molar-refractivity contribution is 5.91. The Hall–Kier alpha value is -2.61. The summed E-state index contributed by atoms with van der Waals surface area (Å²) in [4.78, 5) is 23.8. The average Bonchev–Trinajstić information content (AvgIpc) is 3.11. The molecule has 1 amide bonds. The summed E-state index contributed by atoms with van der Waals surface area (Å²) in [5, 5.41) is 6.78. The second kappa shape index (κ2) is 8.97. The van der Waals surface area contributed by atoms with Gasteiger partial charge < -0.3 is 25.0 Å². The first-order chi connectivity index (χ1) is 15.8. The lowest BCUT2D eigenvalue weighted by Gasteiger charge is -2.35. The van der Waals surface area contributed by atoms with Gasteiger partial charge in [-0.1, -0.05) is 0 Å². The number of fused-ring (bicyclic) bond motifs is 3. The summed E-state index contributed by atoms with van der Waals surface area (Å²) in [7, 11) is 0. The SMILES string of the molecule is CC(C)(C)OC(=O)N[C@H]1CC[C@@H](Nc2cc(N3CC4CCC(C3)O4)cc3nccnc23)CC1. The van der Waals surface area contributed by atoms with Gasteiger partial charge in [-0.3, -0.25) is 9.97 Å². The molecule has 1 saturated carbocycles. The number of anilines is 2. The van der Waals surface area contributed by atoms with Gasteiger partial charge in [-0.25, -0.2) is 4.79 Å². The Balaban J connectivity index is 1.26. The van der Waals surface area contributed by atoms with Gasteiger partial charge in [-0.15, -0.1) is 0 Å². The molecule has 2 bridgehead atoms. The van der Waals surface area contributed by atoms with Gasteiger partial charge in [-0.05, 0) is 71.4 Å². The second-order valence-electron chi connectivity index (χ2n) is 10.6. The molecule has 2 N–H and O–H groups in total. The van der Waals surface area contributed by atoms with E-state index in [2.05, 4.69) is 37.6 Å². The third-order valence-corrected chi connectivity index (χ3v) is 6.77. The van der Waals surface area contributed by atoms with E-state index in [1.54, 1.807) is 12.4 Å². The number of morpholine rings is 1. The minimum Gasteiger partial charge on any atom is -0.444 e. The number of nitrogens with one attached hydrogen (secondary N) is 2. The van der Waals surface area contributed by atoms with Crippen LogP contribution in [-0.2, 0) is 9.47 Å². The fourth-order valence-corrected chi connectivity index (χ4v) is 5.25. The molecule has 178 valence electrons. The van der Waals surface area contributed by atoms with Crippen LogP contribution in [0.1, 0.15) is 59.3 Å². The summed E-state index contributed by atoms with van der Waals surface area (Å²) in [5.74, 6) is 0. The summed E-state index contributed by atoms with van der Waals surface area (Å²) in [5.41, 5.74) is 3.57. The fraction of sp³-hybridized carbons (Fsp3) is 0.640. The van der Waals surface area contributed by atoms with E-state index >= 15 is 0 Å². The first-order valence-corrected chi connectivity index (χ1v) is 12.2. The summed E-state index contributed by atoms with van der Waals surface area (Å²) in [6, 6.07) is 4.87. The standard InChI is InChI=1S/C25H35N5O3/c1-25(2,3)33-24(31)29-17-6-4-16(5-7-17)28-22-13-18(12-21-23(22)27-11-10-26-21)30-14-19-8-9-20(15-30)32-19/h10-13,16-17,19-20,28H,4-9,14-15H2,1-3H3,(H,29,31)/t16-,17+,19?,20?. The zero-order chi connectivity index (χ0) is 23.0. The van der Waals surface area contributed by atoms with E-state index in [0.29, 0.717) is 18.2 Å².